The number of carboxylic acids is 1. The van der Waals surface area contributed by atoms with Gasteiger partial charge in [-0.15, -0.1) is 6.58 Å². The Morgan fingerprint density at radius 2 is 2.17 bits per heavy atom. The number of aromatic carboxylic acids is 1. The third-order valence-corrected chi connectivity index (χ3v) is 2.39. The van der Waals surface area contributed by atoms with Crippen molar-refractivity contribution in [2.75, 3.05) is 18.4 Å². The first-order chi connectivity index (χ1) is 8.54. The molecule has 0 aliphatic heterocycles. The molecule has 0 saturated heterocycles. The summed E-state index contributed by atoms with van der Waals surface area (Å²) in [6.07, 6.45) is 1.63. The molecule has 18 heavy (non-hydrogen) atoms. The smallest absolute Gasteiger partial charge is 0.335 e. The minimum absolute atomic E-state index is 0.0637. The lowest BCUT2D eigenvalue weighted by atomic mass is 10.2. The number of halogens is 1. The summed E-state index contributed by atoms with van der Waals surface area (Å²) in [6.45, 7) is 4.11. The monoisotopic (exact) mass is 268 g/mol. The minimum Gasteiger partial charge on any atom is -0.478 e. The van der Waals surface area contributed by atoms with Crippen LogP contribution in [0.15, 0.2) is 30.9 Å². The van der Waals surface area contributed by atoms with E-state index in [0.29, 0.717) is 6.54 Å². The molecule has 1 aromatic carbocycles. The molecule has 6 heteroatoms. The number of hydrogen-bond donors (Lipinski definition) is 3. The van der Waals surface area contributed by atoms with Gasteiger partial charge in [-0.1, -0.05) is 17.7 Å². The van der Waals surface area contributed by atoms with Crippen molar-refractivity contribution in [1.29, 1.82) is 0 Å². The highest BCUT2D eigenvalue weighted by Gasteiger charge is 2.09. The number of rotatable bonds is 6. The second kappa shape index (κ2) is 6.78. The topological polar surface area (TPSA) is 78.4 Å². The Kier molecular flexibility index (Phi) is 5.35. The van der Waals surface area contributed by atoms with Gasteiger partial charge in [0.15, 0.2) is 0 Å². The molecule has 0 heterocycles. The summed E-state index contributed by atoms with van der Waals surface area (Å²) in [6, 6.07) is 4.12. The van der Waals surface area contributed by atoms with Crippen molar-refractivity contribution in [3.63, 3.8) is 0 Å². The van der Waals surface area contributed by atoms with Crippen LogP contribution in [0.3, 0.4) is 0 Å². The first kappa shape index (κ1) is 14.2. The maximum Gasteiger partial charge on any atom is 0.335 e. The van der Waals surface area contributed by atoms with Crippen LogP contribution in [0.1, 0.15) is 10.4 Å². The van der Waals surface area contributed by atoms with Gasteiger partial charge in [0.1, 0.15) is 0 Å². The van der Waals surface area contributed by atoms with Crippen molar-refractivity contribution in [2.24, 2.45) is 0 Å². The van der Waals surface area contributed by atoms with E-state index in [1.54, 1.807) is 6.08 Å². The number of carbonyl (C=O) groups excluding carboxylic acids is 1. The molecule has 0 aliphatic rings. The summed E-state index contributed by atoms with van der Waals surface area (Å²) in [5.74, 6) is -1.38. The summed E-state index contributed by atoms with van der Waals surface area (Å²) in [5.41, 5.74) is 0.343. The predicted molar refractivity (Wildman–Crippen MR) is 70.1 cm³/mol. The zero-order valence-electron chi connectivity index (χ0n) is 9.57. The van der Waals surface area contributed by atoms with Crippen LogP contribution >= 0.6 is 11.6 Å². The Bertz CT molecular complexity index is 474. The minimum atomic E-state index is -1.08. The van der Waals surface area contributed by atoms with E-state index in [2.05, 4.69) is 17.2 Å². The fraction of sp³-hybridized carbons (Fsp3) is 0.167. The first-order valence-electron chi connectivity index (χ1n) is 5.19. The molecule has 3 N–H and O–H groups in total. The van der Waals surface area contributed by atoms with Gasteiger partial charge in [-0.3, -0.25) is 4.79 Å². The van der Waals surface area contributed by atoms with E-state index in [9.17, 15) is 9.59 Å². The molecule has 0 spiro atoms. The number of nitrogens with one attached hydrogen (secondary N) is 2. The Balaban J connectivity index is 2.71. The second-order valence-electron chi connectivity index (χ2n) is 3.47. The number of carbonyl (C=O) groups is 2. The van der Waals surface area contributed by atoms with Crippen molar-refractivity contribution in [1.82, 2.24) is 5.32 Å². The molecule has 1 amide bonds. The molecule has 1 rings (SSSR count). The first-order valence-corrected chi connectivity index (χ1v) is 5.56. The number of hydrogen-bond acceptors (Lipinski definition) is 3. The highest BCUT2D eigenvalue weighted by Crippen LogP contribution is 2.22. The molecular formula is C12H13ClN2O3. The van der Waals surface area contributed by atoms with Gasteiger partial charge in [0.05, 0.1) is 22.8 Å². The van der Waals surface area contributed by atoms with E-state index in [4.69, 9.17) is 16.7 Å². The lowest BCUT2D eigenvalue weighted by molar-refractivity contribution is -0.115. The maximum absolute atomic E-state index is 11.5. The van der Waals surface area contributed by atoms with Crippen molar-refractivity contribution in [3.8, 4) is 0 Å². The van der Waals surface area contributed by atoms with Crippen LogP contribution in [0, 0.1) is 0 Å². The second-order valence-corrected chi connectivity index (χ2v) is 3.87. The molecule has 0 aromatic heterocycles. The lowest BCUT2D eigenvalue weighted by Gasteiger charge is -2.08. The van der Waals surface area contributed by atoms with Gasteiger partial charge >= 0.3 is 5.97 Å². The van der Waals surface area contributed by atoms with Crippen LogP contribution in [0.4, 0.5) is 5.69 Å². The fourth-order valence-corrected chi connectivity index (χ4v) is 1.40. The van der Waals surface area contributed by atoms with Crippen LogP contribution in [-0.2, 0) is 4.79 Å². The van der Waals surface area contributed by atoms with Gasteiger partial charge in [0, 0.05) is 6.54 Å². The molecule has 0 atom stereocenters. The van der Waals surface area contributed by atoms with Crippen molar-refractivity contribution in [3.05, 3.63) is 41.4 Å². The molecule has 0 radical (unpaired) electrons. The van der Waals surface area contributed by atoms with E-state index >= 15 is 0 Å². The molecule has 0 fully saturated rings. The van der Waals surface area contributed by atoms with Crippen LogP contribution in [0.2, 0.25) is 5.02 Å². The summed E-state index contributed by atoms with van der Waals surface area (Å²) >= 11 is 5.86. The summed E-state index contributed by atoms with van der Waals surface area (Å²) in [4.78, 5) is 22.3. The third kappa shape index (κ3) is 4.20. The molecule has 0 bridgehead atoms. The summed E-state index contributed by atoms with van der Waals surface area (Å²) in [7, 11) is 0. The largest absolute Gasteiger partial charge is 0.478 e. The van der Waals surface area contributed by atoms with E-state index in [1.807, 2.05) is 0 Å². The lowest BCUT2D eigenvalue weighted by Crippen LogP contribution is -2.28. The Morgan fingerprint density at radius 1 is 1.44 bits per heavy atom. The molecule has 0 unspecified atom stereocenters. The quantitative estimate of drug-likeness (QED) is 0.543. The number of carboxylic acid groups (broad SMARTS) is 1. The number of benzene rings is 1. The van der Waals surface area contributed by atoms with Crippen LogP contribution < -0.4 is 10.6 Å². The van der Waals surface area contributed by atoms with Crippen molar-refractivity contribution < 1.29 is 14.7 Å². The fourth-order valence-electron chi connectivity index (χ4n) is 1.24. The van der Waals surface area contributed by atoms with Crippen LogP contribution in [-0.4, -0.2) is 30.1 Å². The van der Waals surface area contributed by atoms with Gasteiger partial charge in [-0.2, -0.15) is 0 Å². The molecule has 1 aromatic rings. The summed E-state index contributed by atoms with van der Waals surface area (Å²) < 4.78 is 0. The highest BCUT2D eigenvalue weighted by molar-refractivity contribution is 6.33. The van der Waals surface area contributed by atoms with Crippen molar-refractivity contribution in [2.45, 2.75) is 0 Å². The van der Waals surface area contributed by atoms with Gasteiger partial charge in [0.2, 0.25) is 5.91 Å². The standard InChI is InChI=1S/C12H13ClN2O3/c1-2-5-14-7-11(16)15-10-6-8(12(17)18)3-4-9(10)13/h2-4,6,14H,1,5,7H2,(H,15,16)(H,17,18). The van der Waals surface area contributed by atoms with Gasteiger partial charge in [0.25, 0.3) is 0 Å². The average Bonchev–Trinajstić information content (AvgIpc) is 2.32. The maximum atomic E-state index is 11.5. The molecular weight excluding hydrogens is 256 g/mol. The molecule has 96 valence electrons. The number of amides is 1. The third-order valence-electron chi connectivity index (χ3n) is 2.06. The molecule has 5 nitrogen and oxygen atoms in total. The van der Waals surface area contributed by atoms with Crippen LogP contribution in [0.25, 0.3) is 0 Å². The van der Waals surface area contributed by atoms with Gasteiger partial charge in [-0.25, -0.2) is 4.79 Å². The van der Waals surface area contributed by atoms with Gasteiger partial charge < -0.3 is 15.7 Å². The number of anilines is 1. The zero-order chi connectivity index (χ0) is 13.5. The SMILES string of the molecule is C=CCNCC(=O)Nc1cc(C(=O)O)ccc1Cl. The van der Waals surface area contributed by atoms with Gasteiger partial charge in [-0.05, 0) is 18.2 Å². The predicted octanol–water partition coefficient (Wildman–Crippen LogP) is 1.75. The zero-order valence-corrected chi connectivity index (χ0v) is 10.3. The average molecular weight is 269 g/mol. The molecule has 0 aliphatic carbocycles. The Labute approximate surface area is 109 Å². The van der Waals surface area contributed by atoms with E-state index in [-0.39, 0.29) is 28.7 Å². The van der Waals surface area contributed by atoms with E-state index in [1.165, 1.54) is 18.2 Å². The summed E-state index contributed by atoms with van der Waals surface area (Å²) in [5, 5.41) is 14.5. The van der Waals surface area contributed by atoms with Crippen molar-refractivity contribution >= 4 is 29.2 Å². The Hall–Kier alpha value is -1.85. The normalized spacial score (nSPS) is 9.83. The van der Waals surface area contributed by atoms with E-state index in [0.717, 1.165) is 0 Å². The highest BCUT2D eigenvalue weighted by atomic mass is 35.5. The molecule has 0 saturated carbocycles. The Morgan fingerprint density at radius 3 is 2.78 bits per heavy atom. The van der Waals surface area contributed by atoms with Crippen LogP contribution in [0.5, 0.6) is 0 Å². The van der Waals surface area contributed by atoms with E-state index < -0.39 is 5.97 Å².